The number of hydrogen-bond acceptors (Lipinski definition) is 10. The van der Waals surface area contributed by atoms with Crippen molar-refractivity contribution >= 4 is 114 Å². The SMILES string of the molecule is O=C(O)CN(CCN(CC(=O)O)[C@@H](Cc1cc(I)c(Oc2ccc(O)cc2)c(I)c1)C(=O)O)[C@@H](Cc1cc(I)c(Oc2ccc(O)cc2)c(I)c1)C(=O)O. The van der Waals surface area contributed by atoms with Crippen molar-refractivity contribution in [1.82, 2.24) is 9.80 Å². The molecule has 0 heterocycles. The Labute approximate surface area is 363 Å². The summed E-state index contributed by atoms with van der Waals surface area (Å²) in [6, 6.07) is 16.4. The molecule has 0 bridgehead atoms. The molecular formula is C36H32I4N2O12. The zero-order valence-corrected chi connectivity index (χ0v) is 36.5. The number of aliphatic carboxylic acids is 4. The van der Waals surface area contributed by atoms with Gasteiger partial charge in [-0.1, -0.05) is 0 Å². The predicted octanol–water partition coefficient (Wildman–Crippen LogP) is 6.57. The van der Waals surface area contributed by atoms with Crippen molar-refractivity contribution in [3.05, 3.63) is 98.2 Å². The Balaban J connectivity index is 1.55. The lowest BCUT2D eigenvalue weighted by Gasteiger charge is -2.32. The van der Waals surface area contributed by atoms with Crippen molar-refractivity contribution in [2.45, 2.75) is 24.9 Å². The van der Waals surface area contributed by atoms with Gasteiger partial charge in [0, 0.05) is 13.1 Å². The predicted molar refractivity (Wildman–Crippen MR) is 229 cm³/mol. The molecule has 54 heavy (non-hydrogen) atoms. The number of nitrogens with zero attached hydrogens (tertiary/aromatic N) is 2. The highest BCUT2D eigenvalue weighted by Gasteiger charge is 2.32. The van der Waals surface area contributed by atoms with E-state index < -0.39 is 49.1 Å². The fourth-order valence-electron chi connectivity index (χ4n) is 5.41. The molecular weight excluding hydrogens is 1160 g/mol. The molecule has 0 aliphatic rings. The van der Waals surface area contributed by atoms with Gasteiger partial charge in [-0.2, -0.15) is 0 Å². The van der Waals surface area contributed by atoms with Crippen LogP contribution in [0, 0.1) is 14.3 Å². The molecule has 0 saturated carbocycles. The van der Waals surface area contributed by atoms with Gasteiger partial charge in [0.1, 0.15) is 35.1 Å². The zero-order chi connectivity index (χ0) is 39.7. The maximum absolute atomic E-state index is 12.7. The normalized spacial score (nSPS) is 12.3. The van der Waals surface area contributed by atoms with Crippen LogP contribution in [-0.2, 0) is 32.0 Å². The van der Waals surface area contributed by atoms with Gasteiger partial charge in [-0.05, 0) is 187 Å². The molecule has 0 aliphatic carbocycles. The van der Waals surface area contributed by atoms with Crippen LogP contribution in [0.25, 0.3) is 0 Å². The number of phenolic OH excluding ortho intramolecular Hbond substituents is 2. The number of ether oxygens (including phenoxy) is 2. The Morgan fingerprint density at radius 1 is 0.537 bits per heavy atom. The maximum Gasteiger partial charge on any atom is 0.321 e. The molecule has 0 radical (unpaired) electrons. The number of benzene rings is 4. The molecule has 6 N–H and O–H groups in total. The summed E-state index contributed by atoms with van der Waals surface area (Å²) in [4.78, 5) is 51.6. The van der Waals surface area contributed by atoms with Gasteiger partial charge in [-0.25, -0.2) is 0 Å². The number of hydrogen-bond donors (Lipinski definition) is 6. The van der Waals surface area contributed by atoms with Gasteiger partial charge in [0.25, 0.3) is 0 Å². The summed E-state index contributed by atoms with van der Waals surface area (Å²) in [5.41, 5.74) is 1.13. The molecule has 0 aromatic heterocycles. The number of halogens is 4. The summed E-state index contributed by atoms with van der Waals surface area (Å²) in [7, 11) is 0. The average Bonchev–Trinajstić information content (AvgIpc) is 3.08. The van der Waals surface area contributed by atoms with Crippen molar-refractivity contribution in [2.75, 3.05) is 26.2 Å². The Morgan fingerprint density at radius 3 is 1.09 bits per heavy atom. The third-order valence-corrected chi connectivity index (χ3v) is 11.1. The Hall–Kier alpha value is -3.20. The summed E-state index contributed by atoms with van der Waals surface area (Å²) in [5.74, 6) is -3.16. The van der Waals surface area contributed by atoms with Crippen molar-refractivity contribution in [1.29, 1.82) is 0 Å². The quantitative estimate of drug-likeness (QED) is 0.0549. The largest absolute Gasteiger partial charge is 0.508 e. The second-order valence-electron chi connectivity index (χ2n) is 11.8. The van der Waals surface area contributed by atoms with E-state index in [0.717, 1.165) is 0 Å². The van der Waals surface area contributed by atoms with E-state index in [1.807, 2.05) is 90.4 Å². The highest BCUT2D eigenvalue weighted by atomic mass is 127. The Kier molecular flexibility index (Phi) is 16.2. The second kappa shape index (κ2) is 20.1. The van der Waals surface area contributed by atoms with Crippen LogP contribution in [0.5, 0.6) is 34.5 Å². The molecule has 0 amide bonds. The van der Waals surface area contributed by atoms with Crippen LogP contribution in [0.3, 0.4) is 0 Å². The Bertz CT molecular complexity index is 1810. The second-order valence-corrected chi connectivity index (χ2v) is 16.5. The lowest BCUT2D eigenvalue weighted by atomic mass is 10.0. The van der Waals surface area contributed by atoms with Crippen LogP contribution in [0.15, 0.2) is 72.8 Å². The monoisotopic (exact) mass is 1190 g/mol. The number of rotatable bonds is 19. The molecule has 4 aromatic carbocycles. The molecule has 18 heteroatoms. The molecule has 0 spiro atoms. The standard InChI is InChI=1S/C36H32I4N2O12/c37-25-11-19(12-26(38)33(25)53-23-5-1-21(43)2-6-23)15-29(35(49)50)41(17-31(45)46)9-10-42(18-32(47)48)30(36(51)52)16-20-13-27(39)34(28(40)14-20)54-24-7-3-22(44)4-8-24/h1-8,11-14,29-30,43-44H,9-10,15-18H2,(H,45,46)(H,47,48)(H,49,50)(H,51,52)/t29-,30-/m0/s1. The first kappa shape index (κ1) is 43.5. The smallest absolute Gasteiger partial charge is 0.321 e. The zero-order valence-electron chi connectivity index (χ0n) is 27.9. The fourth-order valence-corrected chi connectivity index (χ4v) is 9.64. The third kappa shape index (κ3) is 12.7. The van der Waals surface area contributed by atoms with Crippen LogP contribution in [-0.4, -0.2) is 103 Å². The van der Waals surface area contributed by atoms with E-state index in [-0.39, 0.29) is 37.4 Å². The first-order chi connectivity index (χ1) is 25.5. The van der Waals surface area contributed by atoms with Gasteiger partial charge < -0.3 is 40.1 Å². The van der Waals surface area contributed by atoms with Crippen LogP contribution in [0.4, 0.5) is 0 Å². The number of carboxylic acid groups (broad SMARTS) is 4. The van der Waals surface area contributed by atoms with E-state index in [4.69, 9.17) is 9.47 Å². The van der Waals surface area contributed by atoms with E-state index in [2.05, 4.69) is 0 Å². The van der Waals surface area contributed by atoms with Crippen molar-refractivity contribution < 1.29 is 59.3 Å². The van der Waals surface area contributed by atoms with Crippen LogP contribution < -0.4 is 9.47 Å². The molecule has 0 fully saturated rings. The summed E-state index contributed by atoms with van der Waals surface area (Å²) in [5, 5.41) is 59.3. The van der Waals surface area contributed by atoms with E-state index >= 15 is 0 Å². The molecule has 2 atom stereocenters. The molecule has 14 nitrogen and oxygen atoms in total. The molecule has 0 aliphatic heterocycles. The van der Waals surface area contributed by atoms with E-state index in [0.29, 0.717) is 48.4 Å². The minimum atomic E-state index is -1.36. The Morgan fingerprint density at radius 2 is 0.833 bits per heavy atom. The summed E-state index contributed by atoms with van der Waals surface area (Å²) in [6.07, 6.45) is -0.240. The van der Waals surface area contributed by atoms with Crippen molar-refractivity contribution in [3.63, 3.8) is 0 Å². The maximum atomic E-state index is 12.7. The summed E-state index contributed by atoms with van der Waals surface area (Å²) in [6.45, 7) is -1.95. The highest BCUT2D eigenvalue weighted by Crippen LogP contribution is 2.35. The number of carbonyl (C=O) groups is 4. The van der Waals surface area contributed by atoms with Gasteiger partial charge in [0.05, 0.1) is 27.4 Å². The lowest BCUT2D eigenvalue weighted by Crippen LogP contribution is -2.52. The average molecular weight is 1190 g/mol. The van der Waals surface area contributed by atoms with Crippen LogP contribution in [0.1, 0.15) is 11.1 Å². The fraction of sp³-hybridized carbons (Fsp3) is 0.222. The molecule has 0 saturated heterocycles. The van der Waals surface area contributed by atoms with Gasteiger partial charge in [0.2, 0.25) is 0 Å². The summed E-state index contributed by atoms with van der Waals surface area (Å²) >= 11 is 8.19. The van der Waals surface area contributed by atoms with E-state index in [1.165, 1.54) is 34.1 Å². The minimum Gasteiger partial charge on any atom is -0.508 e. The van der Waals surface area contributed by atoms with Crippen molar-refractivity contribution in [2.24, 2.45) is 0 Å². The first-order valence-electron chi connectivity index (χ1n) is 15.8. The lowest BCUT2D eigenvalue weighted by molar-refractivity contribution is -0.150. The molecule has 286 valence electrons. The van der Waals surface area contributed by atoms with E-state index in [9.17, 15) is 49.8 Å². The van der Waals surface area contributed by atoms with Gasteiger partial charge in [-0.3, -0.25) is 29.0 Å². The number of phenols is 2. The van der Waals surface area contributed by atoms with Gasteiger partial charge in [-0.15, -0.1) is 0 Å². The topological polar surface area (TPSA) is 215 Å². The molecule has 4 aromatic rings. The first-order valence-corrected chi connectivity index (χ1v) is 20.1. The van der Waals surface area contributed by atoms with Gasteiger partial charge >= 0.3 is 23.9 Å². The third-order valence-electron chi connectivity index (χ3n) is 7.89. The number of aromatic hydroxyl groups is 2. The van der Waals surface area contributed by atoms with Crippen molar-refractivity contribution in [3.8, 4) is 34.5 Å². The number of carboxylic acids is 4. The molecule has 4 rings (SSSR count). The summed E-state index contributed by atoms with van der Waals surface area (Å²) < 4.78 is 14.6. The minimum absolute atomic E-state index is 0.0750. The van der Waals surface area contributed by atoms with Gasteiger partial charge in [0.15, 0.2) is 11.5 Å². The van der Waals surface area contributed by atoms with E-state index in [1.54, 1.807) is 48.5 Å². The van der Waals surface area contributed by atoms with Crippen LogP contribution >= 0.6 is 90.4 Å². The molecule has 0 unspecified atom stereocenters. The van der Waals surface area contributed by atoms with Crippen LogP contribution in [0.2, 0.25) is 0 Å². The highest BCUT2D eigenvalue weighted by molar-refractivity contribution is 14.1.